The number of nitriles is 1. The molecule has 1 atom stereocenters. The van der Waals surface area contributed by atoms with Crippen LogP contribution in [-0.2, 0) is 0 Å². The Morgan fingerprint density at radius 1 is 1.41 bits per heavy atom. The molecule has 0 aliphatic carbocycles. The number of benzene rings is 1. The summed E-state index contributed by atoms with van der Waals surface area (Å²) in [5.74, 6) is -0.678. The Labute approximate surface area is 97.6 Å². The van der Waals surface area contributed by atoms with Gasteiger partial charge in [0.15, 0.2) is 0 Å². The Kier molecular flexibility index (Phi) is 4.38. The second kappa shape index (κ2) is 5.58. The molecule has 5 heteroatoms. The van der Waals surface area contributed by atoms with Gasteiger partial charge in [0.2, 0.25) is 0 Å². The van der Waals surface area contributed by atoms with Gasteiger partial charge in [0.25, 0.3) is 0 Å². The molecule has 1 unspecified atom stereocenters. The minimum absolute atomic E-state index is 0.286. The summed E-state index contributed by atoms with van der Waals surface area (Å²) in [7, 11) is 0. The third kappa shape index (κ3) is 4.35. The molecule has 17 heavy (non-hydrogen) atoms. The first-order valence-corrected chi connectivity index (χ1v) is 5.21. The minimum Gasteiger partial charge on any atom is -0.406 e. The van der Waals surface area contributed by atoms with Crippen LogP contribution in [0.25, 0.3) is 0 Å². The lowest BCUT2D eigenvalue weighted by Gasteiger charge is -2.12. The molecular formula is C12H12F3NO. The molecule has 0 saturated heterocycles. The van der Waals surface area contributed by atoms with E-state index in [1.165, 1.54) is 18.2 Å². The first kappa shape index (κ1) is 13.4. The molecule has 1 rings (SSSR count). The molecule has 0 fully saturated rings. The normalized spacial score (nSPS) is 12.9. The molecular weight excluding hydrogens is 231 g/mol. The number of alkyl halides is 3. The Hall–Kier alpha value is -1.70. The highest BCUT2D eigenvalue weighted by atomic mass is 19.4. The second-order valence-electron chi connectivity index (χ2n) is 3.59. The van der Waals surface area contributed by atoms with Gasteiger partial charge in [-0.1, -0.05) is 25.5 Å². The highest BCUT2D eigenvalue weighted by Crippen LogP contribution is 2.27. The fourth-order valence-electron chi connectivity index (χ4n) is 1.52. The van der Waals surface area contributed by atoms with Gasteiger partial charge < -0.3 is 4.74 Å². The predicted molar refractivity (Wildman–Crippen MR) is 56.4 cm³/mol. The summed E-state index contributed by atoms with van der Waals surface area (Å²) in [6.07, 6.45) is -3.29. The van der Waals surface area contributed by atoms with Gasteiger partial charge in [-0.2, -0.15) is 5.26 Å². The highest BCUT2D eigenvalue weighted by Gasteiger charge is 2.31. The molecule has 92 valence electrons. The molecule has 1 aromatic rings. The van der Waals surface area contributed by atoms with E-state index in [4.69, 9.17) is 5.26 Å². The quantitative estimate of drug-likeness (QED) is 0.800. The van der Waals surface area contributed by atoms with Crippen LogP contribution in [-0.4, -0.2) is 6.36 Å². The van der Waals surface area contributed by atoms with E-state index in [1.54, 1.807) is 6.07 Å². The molecule has 2 nitrogen and oxygen atoms in total. The summed E-state index contributed by atoms with van der Waals surface area (Å²) < 4.78 is 39.9. The van der Waals surface area contributed by atoms with Crippen LogP contribution in [0.2, 0.25) is 0 Å². The maximum absolute atomic E-state index is 12.0. The van der Waals surface area contributed by atoms with E-state index in [2.05, 4.69) is 10.8 Å². The number of nitrogens with zero attached hydrogens (tertiary/aromatic N) is 1. The van der Waals surface area contributed by atoms with E-state index in [-0.39, 0.29) is 5.75 Å². The molecule has 0 bridgehead atoms. The lowest BCUT2D eigenvalue weighted by atomic mass is 9.96. The van der Waals surface area contributed by atoms with E-state index in [0.29, 0.717) is 12.0 Å². The zero-order valence-electron chi connectivity index (χ0n) is 9.29. The summed E-state index contributed by atoms with van der Waals surface area (Å²) in [4.78, 5) is 0. The van der Waals surface area contributed by atoms with Crippen molar-refractivity contribution in [2.45, 2.75) is 32.0 Å². The lowest BCUT2D eigenvalue weighted by Crippen LogP contribution is -2.17. The van der Waals surface area contributed by atoms with Crippen molar-refractivity contribution in [1.29, 1.82) is 5.26 Å². The van der Waals surface area contributed by atoms with E-state index in [1.807, 2.05) is 6.92 Å². The van der Waals surface area contributed by atoms with Crippen molar-refractivity contribution < 1.29 is 17.9 Å². The monoisotopic (exact) mass is 243 g/mol. The van der Waals surface area contributed by atoms with E-state index < -0.39 is 12.3 Å². The van der Waals surface area contributed by atoms with Crippen LogP contribution in [0.1, 0.15) is 31.2 Å². The van der Waals surface area contributed by atoms with Crippen LogP contribution < -0.4 is 4.74 Å². The first-order valence-electron chi connectivity index (χ1n) is 5.21. The number of ether oxygens (including phenoxy) is 1. The first-order chi connectivity index (χ1) is 7.96. The molecule has 0 aliphatic rings. The van der Waals surface area contributed by atoms with Crippen molar-refractivity contribution in [3.05, 3.63) is 29.8 Å². The average Bonchev–Trinajstić information content (AvgIpc) is 2.24. The molecule has 0 heterocycles. The SMILES string of the molecule is CCCC(C#N)c1cccc(OC(F)(F)F)c1. The van der Waals surface area contributed by atoms with Crippen LogP contribution in [0.4, 0.5) is 13.2 Å². The standard InChI is InChI=1S/C12H12F3NO/c1-2-4-10(8-16)9-5-3-6-11(7-9)17-12(13,14)15/h3,5-7,10H,2,4H2,1H3. The third-order valence-corrected chi connectivity index (χ3v) is 2.23. The molecule has 0 N–H and O–H groups in total. The largest absolute Gasteiger partial charge is 0.573 e. The summed E-state index contributed by atoms with van der Waals surface area (Å²) in [5, 5.41) is 8.92. The number of hydrogen-bond donors (Lipinski definition) is 0. The summed E-state index contributed by atoms with van der Waals surface area (Å²) in [6, 6.07) is 7.64. The maximum atomic E-state index is 12.0. The fraction of sp³-hybridized carbons (Fsp3) is 0.417. The van der Waals surface area contributed by atoms with Crippen molar-refractivity contribution >= 4 is 0 Å². The molecule has 0 aromatic heterocycles. The van der Waals surface area contributed by atoms with E-state index in [0.717, 1.165) is 6.42 Å². The topological polar surface area (TPSA) is 33.0 Å². The van der Waals surface area contributed by atoms with Gasteiger partial charge in [-0.15, -0.1) is 13.2 Å². The molecule has 0 saturated carbocycles. The maximum Gasteiger partial charge on any atom is 0.573 e. The van der Waals surface area contributed by atoms with Crippen LogP contribution in [0.3, 0.4) is 0 Å². The fourth-order valence-corrected chi connectivity index (χ4v) is 1.52. The van der Waals surface area contributed by atoms with Crippen LogP contribution >= 0.6 is 0 Å². The lowest BCUT2D eigenvalue weighted by molar-refractivity contribution is -0.274. The Morgan fingerprint density at radius 3 is 2.65 bits per heavy atom. The molecule has 0 spiro atoms. The van der Waals surface area contributed by atoms with Crippen LogP contribution in [0.5, 0.6) is 5.75 Å². The van der Waals surface area contributed by atoms with E-state index in [9.17, 15) is 13.2 Å². The molecule has 0 radical (unpaired) electrons. The van der Waals surface area contributed by atoms with Crippen molar-refractivity contribution in [3.8, 4) is 11.8 Å². The van der Waals surface area contributed by atoms with Crippen molar-refractivity contribution in [2.24, 2.45) is 0 Å². The van der Waals surface area contributed by atoms with Crippen molar-refractivity contribution in [1.82, 2.24) is 0 Å². The number of rotatable bonds is 4. The highest BCUT2D eigenvalue weighted by molar-refractivity contribution is 5.33. The van der Waals surface area contributed by atoms with Crippen LogP contribution in [0.15, 0.2) is 24.3 Å². The van der Waals surface area contributed by atoms with Gasteiger partial charge in [0.05, 0.1) is 12.0 Å². The smallest absolute Gasteiger partial charge is 0.406 e. The zero-order chi connectivity index (χ0) is 12.9. The van der Waals surface area contributed by atoms with Crippen molar-refractivity contribution in [2.75, 3.05) is 0 Å². The predicted octanol–water partition coefficient (Wildman–Crippen LogP) is 3.99. The summed E-state index contributed by atoms with van der Waals surface area (Å²) in [5.41, 5.74) is 0.552. The molecule has 0 aliphatic heterocycles. The third-order valence-electron chi connectivity index (χ3n) is 2.23. The van der Waals surface area contributed by atoms with E-state index >= 15 is 0 Å². The van der Waals surface area contributed by atoms with Gasteiger partial charge >= 0.3 is 6.36 Å². The molecule has 1 aromatic carbocycles. The number of halogens is 3. The Morgan fingerprint density at radius 2 is 2.12 bits per heavy atom. The van der Waals surface area contributed by atoms with Gasteiger partial charge in [-0.25, -0.2) is 0 Å². The second-order valence-corrected chi connectivity index (χ2v) is 3.59. The Balaban J connectivity index is 2.89. The summed E-state index contributed by atoms with van der Waals surface area (Å²) in [6.45, 7) is 1.92. The average molecular weight is 243 g/mol. The van der Waals surface area contributed by atoms with Gasteiger partial charge in [-0.3, -0.25) is 0 Å². The van der Waals surface area contributed by atoms with Gasteiger partial charge in [0, 0.05) is 0 Å². The molecule has 0 amide bonds. The van der Waals surface area contributed by atoms with Gasteiger partial charge in [-0.05, 0) is 24.1 Å². The van der Waals surface area contributed by atoms with Gasteiger partial charge in [0.1, 0.15) is 5.75 Å². The minimum atomic E-state index is -4.70. The zero-order valence-corrected chi connectivity index (χ0v) is 9.29. The van der Waals surface area contributed by atoms with Crippen molar-refractivity contribution in [3.63, 3.8) is 0 Å². The summed E-state index contributed by atoms with van der Waals surface area (Å²) >= 11 is 0. The van der Waals surface area contributed by atoms with Crippen LogP contribution in [0, 0.1) is 11.3 Å². The number of hydrogen-bond acceptors (Lipinski definition) is 2. The Bertz CT molecular complexity index is 409.